The molecule has 0 radical (unpaired) electrons. The number of hydrogen-bond donors (Lipinski definition) is 2. The summed E-state index contributed by atoms with van der Waals surface area (Å²) in [4.78, 5) is 11.5. The molecule has 2 N–H and O–H groups in total. The number of urea groups is 1. The Balaban J connectivity index is 2.26. The van der Waals surface area contributed by atoms with Gasteiger partial charge >= 0.3 is 6.03 Å². The Morgan fingerprint density at radius 1 is 1.50 bits per heavy atom. The van der Waals surface area contributed by atoms with Crippen LogP contribution in [0.2, 0.25) is 0 Å². The predicted octanol–water partition coefficient (Wildman–Crippen LogP) is 1.90. The van der Waals surface area contributed by atoms with E-state index < -0.39 is 0 Å². The summed E-state index contributed by atoms with van der Waals surface area (Å²) in [5, 5.41) is 5.86. The maximum atomic E-state index is 11.5. The van der Waals surface area contributed by atoms with E-state index in [4.69, 9.17) is 4.74 Å². The molecule has 4 heteroatoms. The summed E-state index contributed by atoms with van der Waals surface area (Å²) in [5.41, 5.74) is 0.0385. The molecule has 0 heterocycles. The van der Waals surface area contributed by atoms with Gasteiger partial charge in [-0.15, -0.1) is 0 Å². The van der Waals surface area contributed by atoms with Gasteiger partial charge in [0.1, 0.15) is 0 Å². The minimum absolute atomic E-state index is 0.0385. The first-order valence-corrected chi connectivity index (χ1v) is 6.09. The van der Waals surface area contributed by atoms with E-state index in [1.54, 1.807) is 7.11 Å². The van der Waals surface area contributed by atoms with Gasteiger partial charge < -0.3 is 15.4 Å². The number of methoxy groups -OCH3 is 1. The van der Waals surface area contributed by atoms with E-state index >= 15 is 0 Å². The monoisotopic (exact) mass is 228 g/mol. The van der Waals surface area contributed by atoms with E-state index in [0.717, 1.165) is 25.8 Å². The lowest BCUT2D eigenvalue weighted by Crippen LogP contribution is -2.63. The molecule has 16 heavy (non-hydrogen) atoms. The van der Waals surface area contributed by atoms with Crippen LogP contribution in [0.5, 0.6) is 0 Å². The lowest BCUT2D eigenvalue weighted by Gasteiger charge is -2.51. The zero-order valence-corrected chi connectivity index (χ0v) is 10.8. The van der Waals surface area contributed by atoms with Crippen molar-refractivity contribution in [2.24, 2.45) is 5.41 Å². The average Bonchev–Trinajstić information content (AvgIpc) is 2.24. The first-order chi connectivity index (χ1) is 7.52. The zero-order chi connectivity index (χ0) is 12.2. The maximum Gasteiger partial charge on any atom is 0.315 e. The summed E-state index contributed by atoms with van der Waals surface area (Å²) in [7, 11) is 1.73. The standard InChI is InChI=1S/C12H24N2O2/c1-5-6-7-13-11(15)14-9-8-10(16-4)12(9,2)3/h9-10H,5-8H2,1-4H3,(H2,13,14,15). The molecule has 0 bridgehead atoms. The summed E-state index contributed by atoms with van der Waals surface area (Å²) in [6, 6.07) is 0.167. The minimum atomic E-state index is -0.0546. The molecule has 1 fully saturated rings. The Hall–Kier alpha value is -0.770. The first-order valence-electron chi connectivity index (χ1n) is 6.09. The summed E-state index contributed by atoms with van der Waals surface area (Å²) in [6.45, 7) is 7.12. The number of ether oxygens (including phenoxy) is 1. The third-order valence-corrected chi connectivity index (χ3v) is 3.58. The molecular formula is C12H24N2O2. The fourth-order valence-electron chi connectivity index (χ4n) is 2.12. The van der Waals surface area contributed by atoms with Crippen molar-refractivity contribution in [1.29, 1.82) is 0 Å². The van der Waals surface area contributed by atoms with Gasteiger partial charge in [0, 0.05) is 25.1 Å². The number of carbonyl (C=O) groups excluding carboxylic acids is 1. The molecule has 1 saturated carbocycles. The number of nitrogens with one attached hydrogen (secondary N) is 2. The molecule has 0 aromatic carbocycles. The molecule has 1 rings (SSSR count). The van der Waals surface area contributed by atoms with E-state index in [0.29, 0.717) is 0 Å². The molecule has 2 amide bonds. The van der Waals surface area contributed by atoms with Crippen molar-refractivity contribution in [2.75, 3.05) is 13.7 Å². The van der Waals surface area contributed by atoms with Gasteiger partial charge in [-0.1, -0.05) is 27.2 Å². The smallest absolute Gasteiger partial charge is 0.315 e. The molecule has 0 aliphatic heterocycles. The SMILES string of the molecule is CCCCNC(=O)NC1CC(OC)C1(C)C. The van der Waals surface area contributed by atoms with Crippen LogP contribution in [-0.4, -0.2) is 31.8 Å². The van der Waals surface area contributed by atoms with Gasteiger partial charge in [0.2, 0.25) is 0 Å². The molecule has 0 spiro atoms. The summed E-state index contributed by atoms with van der Waals surface area (Å²) in [5.74, 6) is 0. The van der Waals surface area contributed by atoms with Gasteiger partial charge in [0.15, 0.2) is 0 Å². The molecule has 0 aromatic rings. The number of amides is 2. The van der Waals surface area contributed by atoms with E-state index in [1.807, 2.05) is 0 Å². The van der Waals surface area contributed by atoms with Crippen molar-refractivity contribution in [1.82, 2.24) is 10.6 Å². The van der Waals surface area contributed by atoms with Crippen LogP contribution in [0.15, 0.2) is 0 Å². The van der Waals surface area contributed by atoms with E-state index in [-0.39, 0.29) is 23.6 Å². The maximum absolute atomic E-state index is 11.5. The lowest BCUT2D eigenvalue weighted by atomic mass is 9.64. The lowest BCUT2D eigenvalue weighted by molar-refractivity contribution is -0.0935. The molecule has 2 unspecified atom stereocenters. The molecule has 4 nitrogen and oxygen atoms in total. The van der Waals surface area contributed by atoms with Crippen molar-refractivity contribution in [3.8, 4) is 0 Å². The van der Waals surface area contributed by atoms with E-state index in [1.165, 1.54) is 0 Å². The number of rotatable bonds is 5. The Kier molecular flexibility index (Phi) is 4.59. The van der Waals surface area contributed by atoms with Crippen LogP contribution in [-0.2, 0) is 4.74 Å². The number of hydrogen-bond acceptors (Lipinski definition) is 2. The molecule has 1 aliphatic rings. The van der Waals surface area contributed by atoms with Crippen molar-refractivity contribution >= 4 is 6.03 Å². The Morgan fingerprint density at radius 3 is 2.69 bits per heavy atom. The van der Waals surface area contributed by atoms with Crippen LogP contribution in [0.4, 0.5) is 4.79 Å². The fraction of sp³-hybridized carbons (Fsp3) is 0.917. The van der Waals surface area contributed by atoms with Crippen LogP contribution >= 0.6 is 0 Å². The van der Waals surface area contributed by atoms with Crippen LogP contribution < -0.4 is 10.6 Å². The highest BCUT2D eigenvalue weighted by molar-refractivity contribution is 5.74. The van der Waals surface area contributed by atoms with Crippen molar-refractivity contribution < 1.29 is 9.53 Å². The third-order valence-electron chi connectivity index (χ3n) is 3.58. The quantitative estimate of drug-likeness (QED) is 0.706. The van der Waals surface area contributed by atoms with Crippen LogP contribution in [0.1, 0.15) is 40.0 Å². The van der Waals surface area contributed by atoms with Gasteiger partial charge in [-0.05, 0) is 12.8 Å². The number of unbranched alkanes of at least 4 members (excludes halogenated alkanes) is 1. The van der Waals surface area contributed by atoms with Crippen LogP contribution in [0.3, 0.4) is 0 Å². The van der Waals surface area contributed by atoms with E-state index in [9.17, 15) is 4.79 Å². The third kappa shape index (κ3) is 2.88. The summed E-state index contributed by atoms with van der Waals surface area (Å²) < 4.78 is 5.34. The molecule has 2 atom stereocenters. The molecule has 1 aliphatic carbocycles. The van der Waals surface area contributed by atoms with Gasteiger partial charge in [-0.2, -0.15) is 0 Å². The van der Waals surface area contributed by atoms with Crippen LogP contribution in [0, 0.1) is 5.41 Å². The van der Waals surface area contributed by atoms with Gasteiger partial charge in [0.05, 0.1) is 6.10 Å². The van der Waals surface area contributed by atoms with Crippen LogP contribution in [0.25, 0.3) is 0 Å². The second-order valence-electron chi connectivity index (χ2n) is 5.09. The Bertz CT molecular complexity index is 241. The van der Waals surface area contributed by atoms with Crippen molar-refractivity contribution in [2.45, 2.75) is 52.2 Å². The molecule has 94 valence electrons. The zero-order valence-electron chi connectivity index (χ0n) is 10.8. The normalized spacial score (nSPS) is 27.0. The first kappa shape index (κ1) is 13.3. The van der Waals surface area contributed by atoms with Crippen molar-refractivity contribution in [3.63, 3.8) is 0 Å². The second-order valence-corrected chi connectivity index (χ2v) is 5.09. The molecule has 0 saturated heterocycles. The summed E-state index contributed by atoms with van der Waals surface area (Å²) in [6.07, 6.45) is 3.29. The molecular weight excluding hydrogens is 204 g/mol. The largest absolute Gasteiger partial charge is 0.381 e. The Labute approximate surface area is 98.1 Å². The fourth-order valence-corrected chi connectivity index (χ4v) is 2.12. The van der Waals surface area contributed by atoms with Gasteiger partial charge in [-0.3, -0.25) is 0 Å². The average molecular weight is 228 g/mol. The Morgan fingerprint density at radius 2 is 2.19 bits per heavy atom. The highest BCUT2D eigenvalue weighted by atomic mass is 16.5. The second kappa shape index (κ2) is 5.53. The molecule has 0 aromatic heterocycles. The topological polar surface area (TPSA) is 50.4 Å². The van der Waals surface area contributed by atoms with Crippen molar-refractivity contribution in [3.05, 3.63) is 0 Å². The number of carbonyl (C=O) groups is 1. The van der Waals surface area contributed by atoms with Gasteiger partial charge in [0.25, 0.3) is 0 Å². The predicted molar refractivity (Wildman–Crippen MR) is 64.4 cm³/mol. The van der Waals surface area contributed by atoms with Gasteiger partial charge in [-0.25, -0.2) is 4.79 Å². The minimum Gasteiger partial charge on any atom is -0.381 e. The highest BCUT2D eigenvalue weighted by Crippen LogP contribution is 2.42. The highest BCUT2D eigenvalue weighted by Gasteiger charge is 2.49. The van der Waals surface area contributed by atoms with E-state index in [2.05, 4.69) is 31.4 Å². The summed E-state index contributed by atoms with van der Waals surface area (Å²) >= 11 is 0.